The summed E-state index contributed by atoms with van der Waals surface area (Å²) in [7, 11) is 0. The Kier molecular flexibility index (Phi) is 4.24. The Balaban J connectivity index is 1.89. The molecule has 0 aromatic carbocycles. The van der Waals surface area contributed by atoms with E-state index in [0.29, 0.717) is 18.3 Å². The molecule has 0 spiro atoms. The summed E-state index contributed by atoms with van der Waals surface area (Å²) in [4.78, 5) is 22.6. The molecule has 1 aromatic rings. The Labute approximate surface area is 112 Å². The first-order chi connectivity index (χ1) is 9.08. The quantitative estimate of drug-likeness (QED) is 0.826. The first-order valence-electron chi connectivity index (χ1n) is 6.74. The molecule has 1 atom stereocenters. The van der Waals surface area contributed by atoms with Gasteiger partial charge in [0.05, 0.1) is 0 Å². The van der Waals surface area contributed by atoms with Crippen LogP contribution in [-0.2, 0) is 4.79 Å². The average Bonchev–Trinajstić information content (AvgIpc) is 2.71. The van der Waals surface area contributed by atoms with Crippen molar-refractivity contribution < 1.29 is 14.7 Å². The van der Waals surface area contributed by atoms with E-state index < -0.39 is 5.97 Å². The summed E-state index contributed by atoms with van der Waals surface area (Å²) < 4.78 is 2.03. The molecule has 5 nitrogen and oxygen atoms in total. The maximum absolute atomic E-state index is 12.1. The molecular formula is C14H20N2O3. The van der Waals surface area contributed by atoms with E-state index in [-0.39, 0.29) is 18.2 Å². The topological polar surface area (TPSA) is 71.3 Å². The van der Waals surface area contributed by atoms with Gasteiger partial charge in [0.2, 0.25) is 0 Å². The van der Waals surface area contributed by atoms with Crippen molar-refractivity contribution in [1.29, 1.82) is 0 Å². The smallest absolute Gasteiger partial charge is 0.303 e. The number of rotatable bonds is 6. The van der Waals surface area contributed by atoms with Gasteiger partial charge >= 0.3 is 5.97 Å². The molecule has 1 heterocycles. The minimum Gasteiger partial charge on any atom is -0.481 e. The van der Waals surface area contributed by atoms with Crippen molar-refractivity contribution >= 4 is 11.9 Å². The number of amides is 1. The van der Waals surface area contributed by atoms with E-state index in [1.807, 2.05) is 29.8 Å². The number of carbonyl (C=O) groups is 2. The molecule has 1 fully saturated rings. The molecule has 1 saturated carbocycles. The second kappa shape index (κ2) is 5.91. The molecule has 5 heteroatoms. The van der Waals surface area contributed by atoms with Crippen LogP contribution in [0.25, 0.3) is 0 Å². The van der Waals surface area contributed by atoms with Crippen molar-refractivity contribution in [2.24, 2.45) is 5.92 Å². The van der Waals surface area contributed by atoms with Gasteiger partial charge in [0.15, 0.2) is 0 Å². The monoisotopic (exact) mass is 264 g/mol. The molecule has 0 bridgehead atoms. The van der Waals surface area contributed by atoms with Gasteiger partial charge in [-0.15, -0.1) is 0 Å². The number of aromatic nitrogens is 1. The molecule has 104 valence electrons. The Morgan fingerprint density at radius 1 is 1.53 bits per heavy atom. The van der Waals surface area contributed by atoms with E-state index in [9.17, 15) is 9.59 Å². The summed E-state index contributed by atoms with van der Waals surface area (Å²) >= 11 is 0. The van der Waals surface area contributed by atoms with Crippen LogP contribution in [0, 0.1) is 5.92 Å². The SMILES string of the molecule is CC(CNC(=O)c1cccn1C1CCC1)CC(=O)O. The molecule has 1 unspecified atom stereocenters. The van der Waals surface area contributed by atoms with Crippen LogP contribution in [0.4, 0.5) is 0 Å². The molecule has 19 heavy (non-hydrogen) atoms. The van der Waals surface area contributed by atoms with Crippen molar-refractivity contribution in [3.63, 3.8) is 0 Å². The van der Waals surface area contributed by atoms with Crippen molar-refractivity contribution in [3.8, 4) is 0 Å². The van der Waals surface area contributed by atoms with E-state index in [2.05, 4.69) is 5.32 Å². The van der Waals surface area contributed by atoms with Crippen LogP contribution in [0.15, 0.2) is 18.3 Å². The molecule has 0 saturated heterocycles. The summed E-state index contributed by atoms with van der Waals surface area (Å²) in [5, 5.41) is 11.5. The van der Waals surface area contributed by atoms with Crippen molar-refractivity contribution in [2.75, 3.05) is 6.54 Å². The highest BCUT2D eigenvalue weighted by atomic mass is 16.4. The van der Waals surface area contributed by atoms with Gasteiger partial charge in [-0.3, -0.25) is 9.59 Å². The summed E-state index contributed by atoms with van der Waals surface area (Å²) in [6.45, 7) is 2.21. The third-order valence-corrected chi connectivity index (χ3v) is 3.61. The van der Waals surface area contributed by atoms with Gasteiger partial charge in [-0.05, 0) is 37.3 Å². The molecule has 1 amide bonds. The summed E-state index contributed by atoms with van der Waals surface area (Å²) in [6.07, 6.45) is 5.50. The Bertz CT molecular complexity index is 463. The van der Waals surface area contributed by atoms with Gasteiger partial charge in [-0.25, -0.2) is 0 Å². The first kappa shape index (κ1) is 13.6. The lowest BCUT2D eigenvalue weighted by molar-refractivity contribution is -0.137. The van der Waals surface area contributed by atoms with Gasteiger partial charge in [0, 0.05) is 25.2 Å². The number of nitrogens with one attached hydrogen (secondary N) is 1. The Morgan fingerprint density at radius 2 is 2.26 bits per heavy atom. The predicted molar refractivity (Wildman–Crippen MR) is 71.1 cm³/mol. The summed E-state index contributed by atoms with van der Waals surface area (Å²) in [5.74, 6) is -1.01. The molecule has 1 aromatic heterocycles. The fourth-order valence-electron chi connectivity index (χ4n) is 2.30. The number of nitrogens with zero attached hydrogens (tertiary/aromatic N) is 1. The van der Waals surface area contributed by atoms with E-state index in [1.54, 1.807) is 0 Å². The van der Waals surface area contributed by atoms with Gasteiger partial charge in [-0.1, -0.05) is 6.92 Å². The second-order valence-electron chi connectivity index (χ2n) is 5.30. The van der Waals surface area contributed by atoms with Gasteiger partial charge in [-0.2, -0.15) is 0 Å². The maximum atomic E-state index is 12.1. The van der Waals surface area contributed by atoms with Crippen LogP contribution in [0.5, 0.6) is 0 Å². The normalized spacial score (nSPS) is 16.7. The van der Waals surface area contributed by atoms with E-state index in [1.165, 1.54) is 6.42 Å². The van der Waals surface area contributed by atoms with Crippen LogP contribution < -0.4 is 5.32 Å². The number of hydrogen-bond acceptors (Lipinski definition) is 2. The van der Waals surface area contributed by atoms with E-state index in [4.69, 9.17) is 5.11 Å². The number of carbonyl (C=O) groups excluding carboxylic acids is 1. The highest BCUT2D eigenvalue weighted by Gasteiger charge is 2.23. The summed E-state index contributed by atoms with van der Waals surface area (Å²) in [5.41, 5.74) is 0.673. The van der Waals surface area contributed by atoms with Gasteiger partial charge in [0.25, 0.3) is 5.91 Å². The third kappa shape index (κ3) is 3.36. The number of carboxylic acids is 1. The van der Waals surface area contributed by atoms with Crippen molar-refractivity contribution in [3.05, 3.63) is 24.0 Å². The van der Waals surface area contributed by atoms with Crippen LogP contribution >= 0.6 is 0 Å². The second-order valence-corrected chi connectivity index (χ2v) is 5.30. The third-order valence-electron chi connectivity index (χ3n) is 3.61. The predicted octanol–water partition coefficient (Wildman–Crippen LogP) is 2.05. The van der Waals surface area contributed by atoms with Crippen LogP contribution in [0.1, 0.15) is 49.1 Å². The average molecular weight is 264 g/mol. The Hall–Kier alpha value is -1.78. The Morgan fingerprint density at radius 3 is 2.84 bits per heavy atom. The molecule has 2 rings (SSSR count). The first-order valence-corrected chi connectivity index (χ1v) is 6.74. The highest BCUT2D eigenvalue weighted by molar-refractivity contribution is 5.92. The minimum absolute atomic E-state index is 0.0615. The lowest BCUT2D eigenvalue weighted by Gasteiger charge is -2.28. The number of carboxylic acid groups (broad SMARTS) is 1. The minimum atomic E-state index is -0.834. The fraction of sp³-hybridized carbons (Fsp3) is 0.571. The maximum Gasteiger partial charge on any atom is 0.303 e. The number of aliphatic carboxylic acids is 1. The van der Waals surface area contributed by atoms with Crippen molar-refractivity contribution in [2.45, 2.75) is 38.6 Å². The molecule has 0 radical (unpaired) electrons. The lowest BCUT2D eigenvalue weighted by atomic mass is 9.93. The largest absolute Gasteiger partial charge is 0.481 e. The van der Waals surface area contributed by atoms with E-state index >= 15 is 0 Å². The summed E-state index contributed by atoms with van der Waals surface area (Å²) in [6, 6.07) is 4.15. The molecule has 1 aliphatic rings. The zero-order chi connectivity index (χ0) is 13.8. The molecular weight excluding hydrogens is 244 g/mol. The van der Waals surface area contributed by atoms with Gasteiger partial charge < -0.3 is 15.0 Å². The zero-order valence-corrected chi connectivity index (χ0v) is 11.1. The lowest BCUT2D eigenvalue weighted by Crippen LogP contribution is -2.32. The van der Waals surface area contributed by atoms with Crippen LogP contribution in [-0.4, -0.2) is 28.1 Å². The van der Waals surface area contributed by atoms with Crippen LogP contribution in [0.2, 0.25) is 0 Å². The molecule has 2 N–H and O–H groups in total. The van der Waals surface area contributed by atoms with E-state index in [0.717, 1.165) is 12.8 Å². The van der Waals surface area contributed by atoms with Crippen molar-refractivity contribution in [1.82, 2.24) is 9.88 Å². The van der Waals surface area contributed by atoms with Gasteiger partial charge in [0.1, 0.15) is 5.69 Å². The highest BCUT2D eigenvalue weighted by Crippen LogP contribution is 2.32. The number of hydrogen-bond donors (Lipinski definition) is 2. The fourth-order valence-corrected chi connectivity index (χ4v) is 2.30. The van der Waals surface area contributed by atoms with Crippen LogP contribution in [0.3, 0.4) is 0 Å². The zero-order valence-electron chi connectivity index (χ0n) is 11.1. The standard InChI is InChI=1S/C14H20N2O3/c1-10(8-13(17)18)9-15-14(19)12-6-3-7-16(12)11-4-2-5-11/h3,6-7,10-11H,2,4-5,8-9H2,1H3,(H,15,19)(H,17,18). The molecule has 1 aliphatic carbocycles. The molecule has 0 aliphatic heterocycles.